The smallest absolute Gasteiger partial charge is 0.0624 e. The van der Waals surface area contributed by atoms with Crippen molar-refractivity contribution in [2.75, 3.05) is 7.05 Å². The van der Waals surface area contributed by atoms with Crippen LogP contribution in [0, 0.1) is 0 Å². The highest BCUT2D eigenvalue weighted by atomic mass is 15.3. The highest BCUT2D eigenvalue weighted by Crippen LogP contribution is 2.15. The van der Waals surface area contributed by atoms with Gasteiger partial charge in [0.2, 0.25) is 0 Å². The summed E-state index contributed by atoms with van der Waals surface area (Å²) in [6.07, 6.45) is 7.98. The molecule has 17 heavy (non-hydrogen) atoms. The third kappa shape index (κ3) is 4.50. The number of rotatable bonds is 8. The molecular formula is C14H27N3. The normalized spacial score (nSPS) is 13.2. The molecule has 0 aliphatic carbocycles. The standard InChI is InChI=1S/C14H27N3/c1-5-14(6-2)17-11-10-13(16-17)9-7-8-12(3)15-4/h10-12,14-15H,5-9H2,1-4H3. The average molecular weight is 237 g/mol. The second-order valence-electron chi connectivity index (χ2n) is 4.84. The minimum Gasteiger partial charge on any atom is -0.317 e. The number of aryl methyl sites for hydroxylation is 1. The van der Waals surface area contributed by atoms with E-state index in [1.807, 2.05) is 7.05 Å². The SMILES string of the molecule is CCC(CC)n1ccc(CCCC(C)NC)n1. The molecule has 0 saturated carbocycles. The summed E-state index contributed by atoms with van der Waals surface area (Å²) in [5, 5.41) is 7.94. The predicted octanol–water partition coefficient (Wildman–Crippen LogP) is 3.17. The number of hydrogen-bond acceptors (Lipinski definition) is 2. The maximum Gasteiger partial charge on any atom is 0.0624 e. The minimum atomic E-state index is 0.569. The van der Waals surface area contributed by atoms with E-state index in [9.17, 15) is 0 Å². The van der Waals surface area contributed by atoms with E-state index in [1.165, 1.54) is 18.5 Å². The second kappa shape index (κ2) is 7.49. The molecule has 1 aromatic rings. The van der Waals surface area contributed by atoms with Crippen molar-refractivity contribution < 1.29 is 0 Å². The fourth-order valence-corrected chi connectivity index (χ4v) is 2.11. The van der Waals surface area contributed by atoms with Crippen LogP contribution in [0.15, 0.2) is 12.3 Å². The van der Waals surface area contributed by atoms with Crippen molar-refractivity contribution in [3.05, 3.63) is 18.0 Å². The van der Waals surface area contributed by atoms with Crippen molar-refractivity contribution in [3.8, 4) is 0 Å². The van der Waals surface area contributed by atoms with E-state index in [1.54, 1.807) is 0 Å². The van der Waals surface area contributed by atoms with Gasteiger partial charge in [0, 0.05) is 12.2 Å². The van der Waals surface area contributed by atoms with E-state index in [0.29, 0.717) is 12.1 Å². The van der Waals surface area contributed by atoms with Crippen LogP contribution in [0.3, 0.4) is 0 Å². The molecule has 0 radical (unpaired) electrons. The molecule has 1 rings (SSSR count). The molecular weight excluding hydrogens is 210 g/mol. The van der Waals surface area contributed by atoms with Crippen LogP contribution in [0.1, 0.15) is 58.2 Å². The van der Waals surface area contributed by atoms with Crippen molar-refractivity contribution in [2.45, 2.75) is 65.0 Å². The van der Waals surface area contributed by atoms with Crippen LogP contribution in [0.25, 0.3) is 0 Å². The molecule has 1 N–H and O–H groups in total. The van der Waals surface area contributed by atoms with Gasteiger partial charge in [0.15, 0.2) is 0 Å². The van der Waals surface area contributed by atoms with Gasteiger partial charge in [0.1, 0.15) is 0 Å². The van der Waals surface area contributed by atoms with Gasteiger partial charge >= 0.3 is 0 Å². The lowest BCUT2D eigenvalue weighted by Crippen LogP contribution is -2.20. The first kappa shape index (κ1) is 14.2. The molecule has 98 valence electrons. The van der Waals surface area contributed by atoms with Gasteiger partial charge in [0.05, 0.1) is 11.7 Å². The Bertz CT molecular complexity index is 302. The Labute approximate surface area is 106 Å². The number of aromatic nitrogens is 2. The topological polar surface area (TPSA) is 29.9 Å². The Morgan fingerprint density at radius 3 is 2.65 bits per heavy atom. The van der Waals surface area contributed by atoms with E-state index in [2.05, 4.69) is 48.1 Å². The fraction of sp³-hybridized carbons (Fsp3) is 0.786. The lowest BCUT2D eigenvalue weighted by atomic mass is 10.1. The summed E-state index contributed by atoms with van der Waals surface area (Å²) in [4.78, 5) is 0. The molecule has 0 aliphatic rings. The Hall–Kier alpha value is -0.830. The molecule has 0 saturated heterocycles. The summed E-state index contributed by atoms with van der Waals surface area (Å²) < 4.78 is 2.14. The van der Waals surface area contributed by atoms with Crippen molar-refractivity contribution in [1.82, 2.24) is 15.1 Å². The van der Waals surface area contributed by atoms with E-state index < -0.39 is 0 Å². The lowest BCUT2D eigenvalue weighted by molar-refractivity contribution is 0.424. The second-order valence-corrected chi connectivity index (χ2v) is 4.84. The highest BCUT2D eigenvalue weighted by Gasteiger charge is 2.07. The summed E-state index contributed by atoms with van der Waals surface area (Å²) in [6, 6.07) is 3.35. The Morgan fingerprint density at radius 2 is 2.06 bits per heavy atom. The summed E-state index contributed by atoms with van der Waals surface area (Å²) in [5.74, 6) is 0. The van der Waals surface area contributed by atoms with Crippen molar-refractivity contribution in [3.63, 3.8) is 0 Å². The zero-order chi connectivity index (χ0) is 12.7. The van der Waals surface area contributed by atoms with Gasteiger partial charge in [-0.15, -0.1) is 0 Å². The average Bonchev–Trinajstić information content (AvgIpc) is 2.79. The van der Waals surface area contributed by atoms with Gasteiger partial charge < -0.3 is 5.32 Å². The van der Waals surface area contributed by atoms with Crippen LogP contribution in [-0.4, -0.2) is 22.9 Å². The van der Waals surface area contributed by atoms with E-state index in [0.717, 1.165) is 19.3 Å². The number of hydrogen-bond donors (Lipinski definition) is 1. The Morgan fingerprint density at radius 1 is 1.35 bits per heavy atom. The Kier molecular flexibility index (Phi) is 6.27. The van der Waals surface area contributed by atoms with Crippen LogP contribution in [0.4, 0.5) is 0 Å². The summed E-state index contributed by atoms with van der Waals surface area (Å²) in [5.41, 5.74) is 1.24. The third-order valence-electron chi connectivity index (χ3n) is 3.54. The molecule has 1 unspecified atom stereocenters. The van der Waals surface area contributed by atoms with Crippen molar-refractivity contribution in [2.24, 2.45) is 0 Å². The number of nitrogens with one attached hydrogen (secondary N) is 1. The molecule has 3 heteroatoms. The first-order chi connectivity index (χ1) is 8.21. The minimum absolute atomic E-state index is 0.569. The fourth-order valence-electron chi connectivity index (χ4n) is 2.11. The van der Waals surface area contributed by atoms with Crippen LogP contribution in [0.5, 0.6) is 0 Å². The van der Waals surface area contributed by atoms with Crippen LogP contribution in [-0.2, 0) is 6.42 Å². The van der Waals surface area contributed by atoms with Crippen LogP contribution >= 0.6 is 0 Å². The van der Waals surface area contributed by atoms with Gasteiger partial charge in [-0.1, -0.05) is 13.8 Å². The number of nitrogens with zero attached hydrogens (tertiary/aromatic N) is 2. The third-order valence-corrected chi connectivity index (χ3v) is 3.54. The molecule has 0 spiro atoms. The summed E-state index contributed by atoms with van der Waals surface area (Å²) >= 11 is 0. The molecule has 3 nitrogen and oxygen atoms in total. The van der Waals surface area contributed by atoms with Gasteiger partial charge in [-0.3, -0.25) is 4.68 Å². The quantitative estimate of drug-likeness (QED) is 0.752. The first-order valence-electron chi connectivity index (χ1n) is 6.92. The lowest BCUT2D eigenvalue weighted by Gasteiger charge is -2.12. The zero-order valence-electron chi connectivity index (χ0n) is 11.7. The molecule has 0 amide bonds. The first-order valence-corrected chi connectivity index (χ1v) is 6.92. The van der Waals surface area contributed by atoms with Gasteiger partial charge in [-0.25, -0.2) is 0 Å². The predicted molar refractivity (Wildman–Crippen MR) is 73.3 cm³/mol. The molecule has 0 bridgehead atoms. The largest absolute Gasteiger partial charge is 0.317 e. The maximum atomic E-state index is 4.67. The van der Waals surface area contributed by atoms with E-state index in [-0.39, 0.29) is 0 Å². The molecule has 1 aromatic heterocycles. The molecule has 0 aliphatic heterocycles. The molecule has 1 heterocycles. The summed E-state index contributed by atoms with van der Waals surface area (Å²) in [6.45, 7) is 6.68. The van der Waals surface area contributed by atoms with Crippen molar-refractivity contribution in [1.29, 1.82) is 0 Å². The van der Waals surface area contributed by atoms with Gasteiger partial charge in [0.25, 0.3) is 0 Å². The van der Waals surface area contributed by atoms with Crippen LogP contribution in [0.2, 0.25) is 0 Å². The molecule has 1 atom stereocenters. The van der Waals surface area contributed by atoms with Crippen molar-refractivity contribution >= 4 is 0 Å². The van der Waals surface area contributed by atoms with E-state index in [4.69, 9.17) is 0 Å². The van der Waals surface area contributed by atoms with Crippen LogP contribution < -0.4 is 5.32 Å². The molecule has 0 aromatic carbocycles. The van der Waals surface area contributed by atoms with Gasteiger partial charge in [-0.2, -0.15) is 5.10 Å². The zero-order valence-corrected chi connectivity index (χ0v) is 11.7. The highest BCUT2D eigenvalue weighted by molar-refractivity contribution is 5.00. The maximum absolute atomic E-state index is 4.67. The van der Waals surface area contributed by atoms with Gasteiger partial charge in [-0.05, 0) is 52.1 Å². The molecule has 0 fully saturated rings. The summed E-state index contributed by atoms with van der Waals surface area (Å²) in [7, 11) is 2.02. The monoisotopic (exact) mass is 237 g/mol. The van der Waals surface area contributed by atoms with E-state index >= 15 is 0 Å². The Balaban J connectivity index is 2.40.